The number of rotatable bonds is 7. The Hall–Kier alpha value is -1.14. The molecule has 0 heterocycles. The number of carbonyl (C=O) groups is 1. The third-order valence-corrected chi connectivity index (χ3v) is 3.68. The fourth-order valence-electron chi connectivity index (χ4n) is 1.75. The molecule has 0 radical (unpaired) electrons. The number of benzene rings is 1. The van der Waals surface area contributed by atoms with Crippen LogP contribution in [0.2, 0.25) is 0 Å². The lowest BCUT2D eigenvalue weighted by atomic mass is 10.0. The summed E-state index contributed by atoms with van der Waals surface area (Å²) in [5, 5.41) is 13.6. The standard InChI is InChI=1S/C13H16BrClN2O3/c1-2-9(3-4-15)8-16-13(18)10-5-11(14)7-12(6-10)17(19)20/h5-7,9H,2-4,8H2,1H3,(H,16,18). The lowest BCUT2D eigenvalue weighted by molar-refractivity contribution is -0.385. The highest BCUT2D eigenvalue weighted by atomic mass is 79.9. The summed E-state index contributed by atoms with van der Waals surface area (Å²) >= 11 is 8.86. The van der Waals surface area contributed by atoms with Gasteiger partial charge >= 0.3 is 0 Å². The summed E-state index contributed by atoms with van der Waals surface area (Å²) in [7, 11) is 0. The van der Waals surface area contributed by atoms with Gasteiger partial charge in [0.1, 0.15) is 0 Å². The molecule has 1 atom stereocenters. The second-order valence-electron chi connectivity index (χ2n) is 4.42. The number of non-ortho nitro benzene ring substituents is 1. The first-order valence-corrected chi connectivity index (χ1v) is 7.59. The molecule has 1 unspecified atom stereocenters. The smallest absolute Gasteiger partial charge is 0.271 e. The quantitative estimate of drug-likeness (QED) is 0.455. The molecule has 0 aliphatic carbocycles. The van der Waals surface area contributed by atoms with E-state index < -0.39 is 4.92 Å². The Balaban J connectivity index is 2.74. The minimum atomic E-state index is -0.524. The van der Waals surface area contributed by atoms with Gasteiger partial charge in [-0.1, -0.05) is 29.3 Å². The average molecular weight is 364 g/mol. The van der Waals surface area contributed by atoms with Crippen molar-refractivity contribution >= 4 is 39.1 Å². The van der Waals surface area contributed by atoms with E-state index in [2.05, 4.69) is 21.2 Å². The van der Waals surface area contributed by atoms with E-state index in [1.807, 2.05) is 6.92 Å². The summed E-state index contributed by atoms with van der Waals surface area (Å²) in [4.78, 5) is 22.2. The number of nitro groups is 1. The van der Waals surface area contributed by atoms with Gasteiger partial charge in [0.2, 0.25) is 0 Å². The zero-order valence-corrected chi connectivity index (χ0v) is 13.4. The van der Waals surface area contributed by atoms with E-state index in [1.54, 1.807) is 6.07 Å². The Morgan fingerprint density at radius 2 is 2.20 bits per heavy atom. The molecule has 0 spiro atoms. The summed E-state index contributed by atoms with van der Waals surface area (Å²) in [5.41, 5.74) is 0.157. The molecule has 0 aliphatic heterocycles. The van der Waals surface area contributed by atoms with Gasteiger partial charge in [-0.3, -0.25) is 14.9 Å². The molecule has 1 aromatic rings. The minimum Gasteiger partial charge on any atom is -0.352 e. The van der Waals surface area contributed by atoms with Gasteiger partial charge in [0, 0.05) is 34.6 Å². The number of nitrogens with one attached hydrogen (secondary N) is 1. The fourth-order valence-corrected chi connectivity index (χ4v) is 2.54. The predicted molar refractivity (Wildman–Crippen MR) is 82.2 cm³/mol. The number of alkyl halides is 1. The average Bonchev–Trinajstić information content (AvgIpc) is 2.42. The maximum atomic E-state index is 12.0. The molecule has 0 fully saturated rings. The van der Waals surface area contributed by atoms with Crippen LogP contribution in [0, 0.1) is 16.0 Å². The van der Waals surface area contributed by atoms with Gasteiger partial charge in [-0.15, -0.1) is 11.6 Å². The van der Waals surface area contributed by atoms with E-state index in [1.165, 1.54) is 12.1 Å². The van der Waals surface area contributed by atoms with Crippen molar-refractivity contribution < 1.29 is 9.72 Å². The van der Waals surface area contributed by atoms with Crippen LogP contribution in [-0.4, -0.2) is 23.3 Å². The summed E-state index contributed by atoms with van der Waals surface area (Å²) in [6.07, 6.45) is 1.75. The Bertz CT molecular complexity index is 497. The van der Waals surface area contributed by atoms with Crippen LogP contribution in [0.15, 0.2) is 22.7 Å². The first-order valence-electron chi connectivity index (χ1n) is 6.27. The van der Waals surface area contributed by atoms with E-state index in [9.17, 15) is 14.9 Å². The molecule has 1 N–H and O–H groups in total. The zero-order chi connectivity index (χ0) is 15.1. The summed E-state index contributed by atoms with van der Waals surface area (Å²) in [6.45, 7) is 2.55. The highest BCUT2D eigenvalue weighted by Gasteiger charge is 2.15. The van der Waals surface area contributed by atoms with Crippen molar-refractivity contribution in [1.29, 1.82) is 0 Å². The molecule has 0 aliphatic rings. The molecule has 110 valence electrons. The van der Waals surface area contributed by atoms with Crippen LogP contribution in [0.5, 0.6) is 0 Å². The number of carbonyl (C=O) groups excluding carboxylic acids is 1. The Labute approximate surface area is 131 Å². The molecular formula is C13H16BrClN2O3. The molecule has 1 amide bonds. The number of hydrogen-bond acceptors (Lipinski definition) is 3. The van der Waals surface area contributed by atoms with Crippen molar-refractivity contribution in [3.8, 4) is 0 Å². The van der Waals surface area contributed by atoms with Gasteiger partial charge in [0.25, 0.3) is 11.6 Å². The monoisotopic (exact) mass is 362 g/mol. The molecule has 0 saturated heterocycles. The van der Waals surface area contributed by atoms with E-state index in [0.29, 0.717) is 22.8 Å². The lowest BCUT2D eigenvalue weighted by Gasteiger charge is -2.14. The Morgan fingerprint density at radius 1 is 1.50 bits per heavy atom. The molecule has 0 saturated carbocycles. The minimum absolute atomic E-state index is 0.114. The van der Waals surface area contributed by atoms with E-state index >= 15 is 0 Å². The maximum Gasteiger partial charge on any atom is 0.271 e. The van der Waals surface area contributed by atoms with E-state index in [4.69, 9.17) is 11.6 Å². The van der Waals surface area contributed by atoms with Crippen LogP contribution in [0.3, 0.4) is 0 Å². The van der Waals surface area contributed by atoms with Crippen LogP contribution in [0.1, 0.15) is 30.1 Å². The number of amides is 1. The third-order valence-electron chi connectivity index (χ3n) is 3.00. The van der Waals surface area contributed by atoms with Crippen molar-refractivity contribution in [3.63, 3.8) is 0 Å². The molecular weight excluding hydrogens is 348 g/mol. The Morgan fingerprint density at radius 3 is 2.75 bits per heavy atom. The van der Waals surface area contributed by atoms with Crippen molar-refractivity contribution in [2.24, 2.45) is 5.92 Å². The van der Waals surface area contributed by atoms with Gasteiger partial charge < -0.3 is 5.32 Å². The van der Waals surface area contributed by atoms with E-state index in [0.717, 1.165) is 12.8 Å². The largest absolute Gasteiger partial charge is 0.352 e. The van der Waals surface area contributed by atoms with Gasteiger partial charge in [-0.25, -0.2) is 0 Å². The third kappa shape index (κ3) is 5.09. The van der Waals surface area contributed by atoms with Crippen LogP contribution >= 0.6 is 27.5 Å². The van der Waals surface area contributed by atoms with Gasteiger partial charge in [-0.05, 0) is 18.4 Å². The van der Waals surface area contributed by atoms with Crippen LogP contribution in [0.4, 0.5) is 5.69 Å². The number of nitro benzene ring substituents is 1. The van der Waals surface area contributed by atoms with Crippen molar-refractivity contribution in [3.05, 3.63) is 38.3 Å². The van der Waals surface area contributed by atoms with Crippen LogP contribution in [0.25, 0.3) is 0 Å². The lowest BCUT2D eigenvalue weighted by Crippen LogP contribution is -2.29. The van der Waals surface area contributed by atoms with Gasteiger partial charge in [0.15, 0.2) is 0 Å². The molecule has 7 heteroatoms. The van der Waals surface area contributed by atoms with Crippen molar-refractivity contribution in [2.45, 2.75) is 19.8 Å². The second kappa shape index (κ2) is 8.21. The molecule has 0 bridgehead atoms. The summed E-state index contributed by atoms with van der Waals surface area (Å²) in [5.74, 6) is 0.553. The van der Waals surface area contributed by atoms with Crippen LogP contribution in [-0.2, 0) is 0 Å². The van der Waals surface area contributed by atoms with Crippen molar-refractivity contribution in [1.82, 2.24) is 5.32 Å². The number of hydrogen-bond donors (Lipinski definition) is 1. The summed E-state index contributed by atoms with van der Waals surface area (Å²) in [6, 6.07) is 4.19. The highest BCUT2D eigenvalue weighted by Crippen LogP contribution is 2.21. The predicted octanol–water partition coefficient (Wildman–Crippen LogP) is 3.74. The van der Waals surface area contributed by atoms with Gasteiger partial charge in [-0.2, -0.15) is 0 Å². The molecule has 0 aromatic heterocycles. The van der Waals surface area contributed by atoms with Crippen LogP contribution < -0.4 is 5.32 Å². The second-order valence-corrected chi connectivity index (χ2v) is 5.71. The zero-order valence-electron chi connectivity index (χ0n) is 11.1. The Kier molecular flexibility index (Phi) is 6.95. The highest BCUT2D eigenvalue weighted by molar-refractivity contribution is 9.10. The normalized spacial score (nSPS) is 11.9. The molecule has 20 heavy (non-hydrogen) atoms. The molecule has 1 aromatic carbocycles. The van der Waals surface area contributed by atoms with Crippen molar-refractivity contribution in [2.75, 3.05) is 12.4 Å². The number of nitrogens with zero attached hydrogens (tertiary/aromatic N) is 1. The number of halogens is 2. The van der Waals surface area contributed by atoms with E-state index in [-0.39, 0.29) is 17.2 Å². The first-order chi connectivity index (χ1) is 9.47. The van der Waals surface area contributed by atoms with Gasteiger partial charge in [0.05, 0.1) is 4.92 Å². The topological polar surface area (TPSA) is 72.2 Å². The fraction of sp³-hybridized carbons (Fsp3) is 0.462. The molecule has 1 rings (SSSR count). The maximum absolute atomic E-state index is 12.0. The SMILES string of the molecule is CCC(CCCl)CNC(=O)c1cc(Br)cc([N+](=O)[O-])c1. The summed E-state index contributed by atoms with van der Waals surface area (Å²) < 4.78 is 0.504. The first kappa shape index (κ1) is 16.9. The molecule has 5 nitrogen and oxygen atoms in total.